The number of nitrogens with zero attached hydrogens (tertiary/aromatic N) is 2. The fourth-order valence-electron chi connectivity index (χ4n) is 3.15. The largest absolute Gasteiger partial charge is 0.484 e. The van der Waals surface area contributed by atoms with Gasteiger partial charge in [-0.05, 0) is 55.0 Å². The number of carbonyl (C=O) groups is 2. The Kier molecular flexibility index (Phi) is 6.39. The molecular formula is C20H23ClN2O3S. The quantitative estimate of drug-likeness (QED) is 0.776. The van der Waals surface area contributed by atoms with Gasteiger partial charge in [-0.25, -0.2) is 0 Å². The van der Waals surface area contributed by atoms with E-state index in [1.54, 1.807) is 4.90 Å². The molecular weight excluding hydrogens is 384 g/mol. The van der Waals surface area contributed by atoms with Crippen LogP contribution in [0.4, 0.5) is 0 Å². The first-order chi connectivity index (χ1) is 13.0. The topological polar surface area (TPSA) is 49.9 Å². The molecule has 2 aromatic rings. The molecule has 1 aliphatic heterocycles. The second kappa shape index (κ2) is 8.76. The molecule has 0 radical (unpaired) electrons. The standard InChI is InChI=1S/C20H23ClN2O3S/c1-14-11-16(12-15(2)19(14)21)26-13-18(24)22-6-4-7-23(9-8-22)20(25)17-5-3-10-27-17/h3,5,10-12H,4,6-9,13H2,1-2H3. The van der Waals surface area contributed by atoms with Crippen LogP contribution in [0.25, 0.3) is 0 Å². The van der Waals surface area contributed by atoms with Gasteiger partial charge in [-0.1, -0.05) is 17.7 Å². The average Bonchev–Trinajstić information content (AvgIpc) is 3.08. The Hall–Kier alpha value is -2.05. The highest BCUT2D eigenvalue weighted by Crippen LogP contribution is 2.26. The van der Waals surface area contributed by atoms with Gasteiger partial charge in [0.1, 0.15) is 5.75 Å². The molecule has 5 nitrogen and oxygen atoms in total. The van der Waals surface area contributed by atoms with Crippen LogP contribution < -0.4 is 4.74 Å². The molecule has 1 saturated heterocycles. The lowest BCUT2D eigenvalue weighted by Crippen LogP contribution is -2.39. The van der Waals surface area contributed by atoms with E-state index in [2.05, 4.69) is 0 Å². The normalized spacial score (nSPS) is 14.8. The van der Waals surface area contributed by atoms with Gasteiger partial charge >= 0.3 is 0 Å². The number of aryl methyl sites for hydroxylation is 2. The molecule has 0 aliphatic carbocycles. The monoisotopic (exact) mass is 406 g/mol. The van der Waals surface area contributed by atoms with Crippen molar-refractivity contribution < 1.29 is 14.3 Å². The molecule has 0 N–H and O–H groups in total. The molecule has 2 amide bonds. The van der Waals surface area contributed by atoms with E-state index < -0.39 is 0 Å². The molecule has 0 saturated carbocycles. The van der Waals surface area contributed by atoms with Gasteiger partial charge in [0.05, 0.1) is 4.88 Å². The highest BCUT2D eigenvalue weighted by molar-refractivity contribution is 7.12. The highest BCUT2D eigenvalue weighted by Gasteiger charge is 2.23. The molecule has 1 fully saturated rings. The molecule has 1 aliphatic rings. The third-order valence-electron chi connectivity index (χ3n) is 4.64. The van der Waals surface area contributed by atoms with Gasteiger partial charge in [0.25, 0.3) is 11.8 Å². The molecule has 1 aromatic heterocycles. The van der Waals surface area contributed by atoms with Gasteiger partial charge in [-0.2, -0.15) is 0 Å². The van der Waals surface area contributed by atoms with E-state index in [-0.39, 0.29) is 18.4 Å². The minimum atomic E-state index is -0.0642. The molecule has 1 aromatic carbocycles. The zero-order valence-electron chi connectivity index (χ0n) is 15.5. The van der Waals surface area contributed by atoms with Crippen molar-refractivity contribution in [1.82, 2.24) is 9.80 Å². The maximum Gasteiger partial charge on any atom is 0.263 e. The van der Waals surface area contributed by atoms with E-state index >= 15 is 0 Å². The summed E-state index contributed by atoms with van der Waals surface area (Å²) in [6.07, 6.45) is 0.766. The van der Waals surface area contributed by atoms with Crippen molar-refractivity contribution in [3.63, 3.8) is 0 Å². The Morgan fingerprint density at radius 1 is 1.11 bits per heavy atom. The molecule has 7 heteroatoms. The summed E-state index contributed by atoms with van der Waals surface area (Å²) in [6, 6.07) is 7.40. The number of hydrogen-bond donors (Lipinski definition) is 0. The molecule has 0 bridgehead atoms. The Bertz CT molecular complexity index is 800. The molecule has 144 valence electrons. The molecule has 0 unspecified atom stereocenters. The summed E-state index contributed by atoms with van der Waals surface area (Å²) in [5.41, 5.74) is 1.85. The van der Waals surface area contributed by atoms with Crippen molar-refractivity contribution in [2.75, 3.05) is 32.8 Å². The van der Waals surface area contributed by atoms with Gasteiger partial charge in [0, 0.05) is 31.2 Å². The van der Waals surface area contributed by atoms with Crippen molar-refractivity contribution in [2.45, 2.75) is 20.3 Å². The maximum absolute atomic E-state index is 12.5. The van der Waals surface area contributed by atoms with E-state index in [4.69, 9.17) is 16.3 Å². The number of rotatable bonds is 4. The van der Waals surface area contributed by atoms with Crippen LogP contribution in [0.2, 0.25) is 5.02 Å². The van der Waals surface area contributed by atoms with Gasteiger partial charge in [0.15, 0.2) is 6.61 Å². The summed E-state index contributed by atoms with van der Waals surface area (Å²) >= 11 is 7.61. The summed E-state index contributed by atoms with van der Waals surface area (Å²) in [5.74, 6) is 0.625. The molecule has 3 rings (SSSR count). The van der Waals surface area contributed by atoms with Crippen LogP contribution in [0.3, 0.4) is 0 Å². The predicted molar refractivity (Wildman–Crippen MR) is 108 cm³/mol. The number of hydrogen-bond acceptors (Lipinski definition) is 4. The third kappa shape index (κ3) is 4.82. The van der Waals surface area contributed by atoms with Gasteiger partial charge in [-0.15, -0.1) is 11.3 Å². The Morgan fingerprint density at radius 2 is 1.78 bits per heavy atom. The number of thiophene rings is 1. The second-order valence-corrected chi connectivity index (χ2v) is 7.99. The molecule has 0 atom stereocenters. The van der Waals surface area contributed by atoms with Gasteiger partial charge in [-0.3, -0.25) is 9.59 Å². The predicted octanol–water partition coefficient (Wildman–Crippen LogP) is 3.77. The molecule has 0 spiro atoms. The second-order valence-electron chi connectivity index (χ2n) is 6.66. The molecule has 27 heavy (non-hydrogen) atoms. The fourth-order valence-corrected chi connectivity index (χ4v) is 3.95. The minimum Gasteiger partial charge on any atom is -0.484 e. The van der Waals surface area contributed by atoms with E-state index in [9.17, 15) is 9.59 Å². The lowest BCUT2D eigenvalue weighted by Gasteiger charge is -2.22. The highest BCUT2D eigenvalue weighted by atomic mass is 35.5. The first-order valence-electron chi connectivity index (χ1n) is 8.96. The van der Waals surface area contributed by atoms with Gasteiger partial charge in [0.2, 0.25) is 0 Å². The van der Waals surface area contributed by atoms with Crippen molar-refractivity contribution in [3.05, 3.63) is 50.7 Å². The zero-order chi connectivity index (χ0) is 19.4. The summed E-state index contributed by atoms with van der Waals surface area (Å²) < 4.78 is 5.68. The van der Waals surface area contributed by atoms with Crippen LogP contribution in [-0.2, 0) is 4.79 Å². The van der Waals surface area contributed by atoms with Crippen molar-refractivity contribution in [3.8, 4) is 5.75 Å². The first kappa shape index (κ1) is 19.7. The van der Waals surface area contributed by atoms with Crippen molar-refractivity contribution >= 4 is 34.8 Å². The summed E-state index contributed by atoms with van der Waals surface area (Å²) in [4.78, 5) is 29.4. The van der Waals surface area contributed by atoms with E-state index in [0.717, 1.165) is 27.4 Å². The number of ether oxygens (including phenoxy) is 1. The van der Waals surface area contributed by atoms with E-state index in [1.165, 1.54) is 11.3 Å². The lowest BCUT2D eigenvalue weighted by atomic mass is 10.1. The van der Waals surface area contributed by atoms with Crippen LogP contribution in [-0.4, -0.2) is 54.4 Å². The lowest BCUT2D eigenvalue weighted by molar-refractivity contribution is -0.133. The summed E-state index contributed by atoms with van der Waals surface area (Å²) in [5, 5.41) is 2.62. The Balaban J connectivity index is 1.54. The SMILES string of the molecule is Cc1cc(OCC(=O)N2CCCN(C(=O)c3cccs3)CC2)cc(C)c1Cl. The Morgan fingerprint density at radius 3 is 2.44 bits per heavy atom. The van der Waals surface area contributed by atoms with Crippen LogP contribution in [0.5, 0.6) is 5.75 Å². The van der Waals surface area contributed by atoms with Crippen molar-refractivity contribution in [2.24, 2.45) is 0 Å². The fraction of sp³-hybridized carbons (Fsp3) is 0.400. The first-order valence-corrected chi connectivity index (χ1v) is 10.2. The maximum atomic E-state index is 12.5. The van der Waals surface area contributed by atoms with E-state index in [0.29, 0.717) is 31.9 Å². The van der Waals surface area contributed by atoms with Crippen LogP contribution in [0.15, 0.2) is 29.6 Å². The van der Waals surface area contributed by atoms with Gasteiger partial charge < -0.3 is 14.5 Å². The smallest absolute Gasteiger partial charge is 0.263 e. The third-order valence-corrected chi connectivity index (χ3v) is 6.09. The Labute approximate surface area is 168 Å². The average molecular weight is 407 g/mol. The summed E-state index contributed by atoms with van der Waals surface area (Å²) in [7, 11) is 0. The number of benzene rings is 1. The van der Waals surface area contributed by atoms with Crippen molar-refractivity contribution in [1.29, 1.82) is 0 Å². The number of amides is 2. The van der Waals surface area contributed by atoms with Crippen LogP contribution in [0.1, 0.15) is 27.2 Å². The zero-order valence-corrected chi connectivity index (χ0v) is 17.1. The van der Waals surface area contributed by atoms with E-state index in [1.807, 2.05) is 48.4 Å². The summed E-state index contributed by atoms with van der Waals surface area (Å²) in [6.45, 7) is 6.18. The van der Waals surface area contributed by atoms with Crippen LogP contribution in [0, 0.1) is 13.8 Å². The minimum absolute atomic E-state index is 0.0145. The number of carbonyl (C=O) groups excluding carboxylic acids is 2. The molecule has 2 heterocycles. The number of halogens is 1. The van der Waals surface area contributed by atoms with Crippen LogP contribution >= 0.6 is 22.9 Å².